The van der Waals surface area contributed by atoms with Crippen molar-refractivity contribution in [2.24, 2.45) is 11.7 Å². The lowest BCUT2D eigenvalue weighted by atomic mass is 9.82. The van der Waals surface area contributed by atoms with Crippen molar-refractivity contribution >= 4 is 0 Å². The van der Waals surface area contributed by atoms with Gasteiger partial charge in [-0.1, -0.05) is 26.0 Å². The largest absolute Gasteiger partial charge is 0.416 e. The molecule has 1 nitrogen and oxygen atoms in total. The standard InChI is InChI=1S/C12H16F3N/c1-8(2)11(3,16)9-5-4-6-10(7-9)12(13,14)15/h4-8H,16H2,1-3H3. The van der Waals surface area contributed by atoms with Gasteiger partial charge in [0.15, 0.2) is 0 Å². The normalized spacial score (nSPS) is 16.2. The predicted octanol–water partition coefficient (Wildman–Crippen LogP) is 3.54. The maximum Gasteiger partial charge on any atom is 0.416 e. The average Bonchev–Trinajstić information content (AvgIpc) is 2.16. The minimum Gasteiger partial charge on any atom is -0.321 e. The number of alkyl halides is 3. The molecule has 1 aromatic carbocycles. The maximum atomic E-state index is 12.5. The van der Waals surface area contributed by atoms with E-state index in [4.69, 9.17) is 5.73 Å². The van der Waals surface area contributed by atoms with Gasteiger partial charge in [0.25, 0.3) is 0 Å². The molecule has 0 saturated heterocycles. The molecule has 0 bridgehead atoms. The second-order valence-electron chi connectivity index (χ2n) is 4.52. The topological polar surface area (TPSA) is 26.0 Å². The van der Waals surface area contributed by atoms with E-state index < -0.39 is 17.3 Å². The van der Waals surface area contributed by atoms with Gasteiger partial charge in [0, 0.05) is 5.54 Å². The fourth-order valence-corrected chi connectivity index (χ4v) is 1.36. The minimum atomic E-state index is -4.32. The Morgan fingerprint density at radius 1 is 1.12 bits per heavy atom. The van der Waals surface area contributed by atoms with Crippen LogP contribution in [0.3, 0.4) is 0 Å². The van der Waals surface area contributed by atoms with E-state index in [0.717, 1.165) is 12.1 Å². The lowest BCUT2D eigenvalue weighted by Crippen LogP contribution is -2.38. The van der Waals surface area contributed by atoms with E-state index >= 15 is 0 Å². The Bertz CT molecular complexity index is 367. The van der Waals surface area contributed by atoms with Gasteiger partial charge in [0.2, 0.25) is 0 Å². The molecule has 1 rings (SSSR count). The molecule has 0 aliphatic carbocycles. The number of rotatable bonds is 2. The summed E-state index contributed by atoms with van der Waals surface area (Å²) < 4.78 is 37.5. The van der Waals surface area contributed by atoms with Crippen LogP contribution in [0.1, 0.15) is 31.9 Å². The van der Waals surface area contributed by atoms with Crippen LogP contribution in [0, 0.1) is 5.92 Å². The van der Waals surface area contributed by atoms with Crippen molar-refractivity contribution < 1.29 is 13.2 Å². The number of hydrogen-bond donors (Lipinski definition) is 1. The smallest absolute Gasteiger partial charge is 0.321 e. The predicted molar refractivity (Wildman–Crippen MR) is 57.8 cm³/mol. The van der Waals surface area contributed by atoms with Crippen molar-refractivity contribution in [2.45, 2.75) is 32.5 Å². The van der Waals surface area contributed by atoms with Crippen molar-refractivity contribution in [3.63, 3.8) is 0 Å². The molecule has 0 aromatic heterocycles. The van der Waals surface area contributed by atoms with Crippen LogP contribution in [0.4, 0.5) is 13.2 Å². The van der Waals surface area contributed by atoms with Gasteiger partial charge in [-0.25, -0.2) is 0 Å². The van der Waals surface area contributed by atoms with Crippen LogP contribution in [0.15, 0.2) is 24.3 Å². The molecule has 0 amide bonds. The Kier molecular flexibility index (Phi) is 3.33. The third-order valence-electron chi connectivity index (χ3n) is 3.01. The first-order valence-corrected chi connectivity index (χ1v) is 5.12. The molecule has 0 spiro atoms. The van der Waals surface area contributed by atoms with Crippen LogP contribution in [0.2, 0.25) is 0 Å². The summed E-state index contributed by atoms with van der Waals surface area (Å²) in [4.78, 5) is 0. The van der Waals surface area contributed by atoms with Gasteiger partial charge in [0.05, 0.1) is 5.56 Å². The van der Waals surface area contributed by atoms with Gasteiger partial charge >= 0.3 is 6.18 Å². The van der Waals surface area contributed by atoms with Crippen molar-refractivity contribution in [2.75, 3.05) is 0 Å². The van der Waals surface area contributed by atoms with Crippen LogP contribution in [-0.4, -0.2) is 0 Å². The molecule has 4 heteroatoms. The van der Waals surface area contributed by atoms with Gasteiger partial charge in [-0.3, -0.25) is 0 Å². The first-order valence-electron chi connectivity index (χ1n) is 5.12. The summed E-state index contributed by atoms with van der Waals surface area (Å²) in [7, 11) is 0. The Morgan fingerprint density at radius 2 is 1.62 bits per heavy atom. The van der Waals surface area contributed by atoms with Crippen molar-refractivity contribution in [1.29, 1.82) is 0 Å². The highest BCUT2D eigenvalue weighted by Gasteiger charge is 2.33. The van der Waals surface area contributed by atoms with Crippen molar-refractivity contribution in [1.82, 2.24) is 0 Å². The third kappa shape index (κ3) is 2.55. The Labute approximate surface area is 93.5 Å². The van der Waals surface area contributed by atoms with Gasteiger partial charge in [-0.15, -0.1) is 0 Å². The Balaban J connectivity index is 3.18. The molecule has 0 fully saturated rings. The van der Waals surface area contributed by atoms with E-state index in [1.165, 1.54) is 6.07 Å². The molecular weight excluding hydrogens is 215 g/mol. The molecular formula is C12H16F3N. The molecule has 0 aliphatic heterocycles. The molecule has 1 aromatic rings. The third-order valence-corrected chi connectivity index (χ3v) is 3.01. The molecule has 0 aliphatic rings. The molecule has 1 unspecified atom stereocenters. The van der Waals surface area contributed by atoms with Crippen LogP contribution in [0.25, 0.3) is 0 Å². The molecule has 1 atom stereocenters. The zero-order valence-electron chi connectivity index (χ0n) is 9.60. The van der Waals surface area contributed by atoms with E-state index in [1.807, 2.05) is 13.8 Å². The van der Waals surface area contributed by atoms with E-state index in [2.05, 4.69) is 0 Å². The van der Waals surface area contributed by atoms with Crippen molar-refractivity contribution in [3.05, 3.63) is 35.4 Å². The molecule has 2 N–H and O–H groups in total. The number of hydrogen-bond acceptors (Lipinski definition) is 1. The van der Waals surface area contributed by atoms with Crippen LogP contribution in [0.5, 0.6) is 0 Å². The highest BCUT2D eigenvalue weighted by atomic mass is 19.4. The summed E-state index contributed by atoms with van der Waals surface area (Å²) in [5.74, 6) is 0.0657. The fraction of sp³-hybridized carbons (Fsp3) is 0.500. The van der Waals surface area contributed by atoms with Gasteiger partial charge in [0.1, 0.15) is 0 Å². The van der Waals surface area contributed by atoms with Gasteiger partial charge in [-0.05, 0) is 30.5 Å². The van der Waals surface area contributed by atoms with E-state index in [0.29, 0.717) is 5.56 Å². The number of benzene rings is 1. The fourth-order valence-electron chi connectivity index (χ4n) is 1.36. The SMILES string of the molecule is CC(C)C(C)(N)c1cccc(C(F)(F)F)c1. The van der Waals surface area contributed by atoms with Crippen molar-refractivity contribution in [3.8, 4) is 0 Å². The maximum absolute atomic E-state index is 12.5. The molecule has 0 saturated carbocycles. The Hall–Kier alpha value is -1.03. The molecule has 90 valence electrons. The van der Waals surface area contributed by atoms with Crippen LogP contribution in [-0.2, 0) is 11.7 Å². The lowest BCUT2D eigenvalue weighted by Gasteiger charge is -2.30. The highest BCUT2D eigenvalue weighted by molar-refractivity contribution is 5.30. The summed E-state index contributed by atoms with van der Waals surface area (Å²) in [6, 6.07) is 5.21. The van der Waals surface area contributed by atoms with Crippen LogP contribution < -0.4 is 5.73 Å². The molecule has 16 heavy (non-hydrogen) atoms. The van der Waals surface area contributed by atoms with E-state index in [-0.39, 0.29) is 5.92 Å². The van der Waals surface area contributed by atoms with E-state index in [1.54, 1.807) is 13.0 Å². The highest BCUT2D eigenvalue weighted by Crippen LogP contribution is 2.33. The molecule has 0 radical (unpaired) electrons. The summed E-state index contributed by atoms with van der Waals surface area (Å²) in [6.45, 7) is 5.52. The monoisotopic (exact) mass is 231 g/mol. The average molecular weight is 231 g/mol. The van der Waals surface area contributed by atoms with Gasteiger partial charge in [-0.2, -0.15) is 13.2 Å². The number of halogens is 3. The summed E-state index contributed by atoms with van der Waals surface area (Å²) in [5, 5.41) is 0. The number of nitrogens with two attached hydrogens (primary N) is 1. The Morgan fingerprint density at radius 3 is 2.06 bits per heavy atom. The van der Waals surface area contributed by atoms with E-state index in [9.17, 15) is 13.2 Å². The first kappa shape index (κ1) is 13.0. The first-order chi connectivity index (χ1) is 7.15. The second-order valence-corrected chi connectivity index (χ2v) is 4.52. The van der Waals surface area contributed by atoms with Crippen LogP contribution >= 0.6 is 0 Å². The summed E-state index contributed by atoms with van der Waals surface area (Å²) in [5.41, 5.74) is 5.14. The van der Waals surface area contributed by atoms with Gasteiger partial charge < -0.3 is 5.73 Å². The summed E-state index contributed by atoms with van der Waals surface area (Å²) in [6.07, 6.45) is -4.32. The quantitative estimate of drug-likeness (QED) is 0.827. The summed E-state index contributed by atoms with van der Waals surface area (Å²) >= 11 is 0. The zero-order chi connectivity index (χ0) is 12.6. The molecule has 0 heterocycles. The second kappa shape index (κ2) is 4.09. The lowest BCUT2D eigenvalue weighted by molar-refractivity contribution is -0.137. The zero-order valence-corrected chi connectivity index (χ0v) is 9.60. The minimum absolute atomic E-state index is 0.0657.